The number of nitrogens with two attached hydrogens (primary N) is 1. The van der Waals surface area contributed by atoms with E-state index in [1.807, 2.05) is 11.9 Å². The van der Waals surface area contributed by atoms with E-state index in [0.717, 1.165) is 37.4 Å². The Hall–Kier alpha value is -0.860. The molecule has 1 aliphatic heterocycles. The van der Waals surface area contributed by atoms with Crippen LogP contribution in [0.4, 0.5) is 10.8 Å². The zero-order valence-electron chi connectivity index (χ0n) is 11.8. The first kappa shape index (κ1) is 15.5. The second-order valence-electron chi connectivity index (χ2n) is 4.97. The molecule has 1 aromatic heterocycles. The third-order valence-corrected chi connectivity index (χ3v) is 6.34. The predicted molar refractivity (Wildman–Crippen MR) is 81.1 cm³/mol. The molecule has 6 nitrogen and oxygen atoms in total. The maximum atomic E-state index is 12.1. The van der Waals surface area contributed by atoms with Crippen LogP contribution in [0.2, 0.25) is 0 Å². The van der Waals surface area contributed by atoms with Gasteiger partial charge >= 0.3 is 0 Å². The number of nitrogens with zero attached hydrogens (tertiary/aromatic N) is 2. The topological polar surface area (TPSA) is 85.5 Å². The second kappa shape index (κ2) is 6.28. The van der Waals surface area contributed by atoms with Gasteiger partial charge in [0.2, 0.25) is 0 Å². The molecule has 1 aliphatic rings. The minimum atomic E-state index is -3.36. The summed E-state index contributed by atoms with van der Waals surface area (Å²) in [6.07, 6.45) is 3.41. The van der Waals surface area contributed by atoms with E-state index in [4.69, 9.17) is 10.5 Å². The van der Waals surface area contributed by atoms with Crippen LogP contribution in [0.5, 0.6) is 0 Å². The Labute approximate surface area is 124 Å². The molecule has 1 unspecified atom stereocenters. The average Bonchev–Trinajstić information content (AvgIpc) is 2.82. The van der Waals surface area contributed by atoms with Gasteiger partial charge in [-0.15, -0.1) is 0 Å². The van der Waals surface area contributed by atoms with Gasteiger partial charge in [-0.05, 0) is 30.8 Å². The smallest absolute Gasteiger partial charge is 0.184 e. The van der Waals surface area contributed by atoms with Crippen molar-refractivity contribution in [3.63, 3.8) is 0 Å². The lowest BCUT2D eigenvalue weighted by Gasteiger charge is -2.28. The Bertz CT molecular complexity index is 550. The van der Waals surface area contributed by atoms with Crippen molar-refractivity contribution in [2.75, 3.05) is 36.6 Å². The van der Waals surface area contributed by atoms with Crippen molar-refractivity contribution in [1.29, 1.82) is 0 Å². The van der Waals surface area contributed by atoms with Crippen LogP contribution in [-0.4, -0.2) is 44.8 Å². The van der Waals surface area contributed by atoms with Crippen molar-refractivity contribution >= 4 is 32.2 Å². The number of rotatable bonds is 5. The second-order valence-corrected chi connectivity index (χ2v) is 7.94. The quantitative estimate of drug-likeness (QED) is 0.885. The van der Waals surface area contributed by atoms with Crippen LogP contribution in [0.3, 0.4) is 0 Å². The van der Waals surface area contributed by atoms with Gasteiger partial charge in [0, 0.05) is 20.2 Å². The fourth-order valence-electron chi connectivity index (χ4n) is 2.30. The fourth-order valence-corrected chi connectivity index (χ4v) is 4.61. The lowest BCUT2D eigenvalue weighted by Crippen LogP contribution is -2.33. The van der Waals surface area contributed by atoms with Crippen LogP contribution in [-0.2, 0) is 14.6 Å². The number of anilines is 2. The molecule has 0 saturated carbocycles. The van der Waals surface area contributed by atoms with Gasteiger partial charge in [0.15, 0.2) is 15.7 Å². The van der Waals surface area contributed by atoms with Gasteiger partial charge in [-0.2, -0.15) is 4.37 Å². The zero-order chi connectivity index (χ0) is 14.8. The Morgan fingerprint density at radius 2 is 2.25 bits per heavy atom. The minimum absolute atomic E-state index is 0.0242. The molecular weight excluding hydrogens is 298 g/mol. The zero-order valence-corrected chi connectivity index (χ0v) is 13.5. The molecule has 20 heavy (non-hydrogen) atoms. The molecule has 0 aliphatic carbocycles. The van der Waals surface area contributed by atoms with Crippen LogP contribution in [0.15, 0.2) is 4.90 Å². The summed E-state index contributed by atoms with van der Waals surface area (Å²) in [6.45, 7) is 3.05. The highest BCUT2D eigenvalue weighted by Gasteiger charge is 2.27. The molecular formula is C12H21N3O3S2. The molecule has 1 saturated heterocycles. The highest BCUT2D eigenvalue weighted by atomic mass is 32.2. The first-order chi connectivity index (χ1) is 9.45. The number of ether oxygens (including phenoxy) is 1. The summed E-state index contributed by atoms with van der Waals surface area (Å²) in [6, 6.07) is 0. The van der Waals surface area contributed by atoms with Crippen molar-refractivity contribution in [2.24, 2.45) is 0 Å². The van der Waals surface area contributed by atoms with Crippen LogP contribution in [0, 0.1) is 0 Å². The average molecular weight is 319 g/mol. The third-order valence-electron chi connectivity index (χ3n) is 3.45. The lowest BCUT2D eigenvalue weighted by molar-refractivity contribution is 0.0216. The van der Waals surface area contributed by atoms with Gasteiger partial charge in [-0.1, -0.05) is 6.92 Å². The van der Waals surface area contributed by atoms with Crippen LogP contribution in [0.1, 0.15) is 26.2 Å². The van der Waals surface area contributed by atoms with Crippen molar-refractivity contribution in [3.05, 3.63) is 0 Å². The number of aromatic nitrogens is 1. The van der Waals surface area contributed by atoms with Crippen LogP contribution >= 0.6 is 11.5 Å². The van der Waals surface area contributed by atoms with E-state index < -0.39 is 9.84 Å². The number of hydrogen-bond acceptors (Lipinski definition) is 7. The molecule has 8 heteroatoms. The molecule has 0 aromatic carbocycles. The van der Waals surface area contributed by atoms with E-state index in [2.05, 4.69) is 4.37 Å². The molecule has 0 spiro atoms. The lowest BCUT2D eigenvalue weighted by atomic mass is 10.1. The normalized spacial score (nSPS) is 20.0. The molecule has 0 radical (unpaired) electrons. The predicted octanol–water partition coefficient (Wildman–Crippen LogP) is 1.52. The fraction of sp³-hybridized carbons (Fsp3) is 0.750. The summed E-state index contributed by atoms with van der Waals surface area (Å²) >= 11 is 1.13. The van der Waals surface area contributed by atoms with Crippen LogP contribution in [0.25, 0.3) is 0 Å². The number of likely N-dealkylation sites (N-methyl/N-ethyl adjacent to an activating group) is 1. The van der Waals surface area contributed by atoms with Gasteiger partial charge in [0.05, 0.1) is 11.9 Å². The van der Waals surface area contributed by atoms with E-state index in [9.17, 15) is 8.42 Å². The molecule has 2 rings (SSSR count). The third kappa shape index (κ3) is 3.24. The van der Waals surface area contributed by atoms with E-state index in [-0.39, 0.29) is 22.6 Å². The molecule has 0 amide bonds. The Morgan fingerprint density at radius 1 is 1.50 bits per heavy atom. The van der Waals surface area contributed by atoms with Crippen molar-refractivity contribution < 1.29 is 13.2 Å². The van der Waals surface area contributed by atoms with Crippen molar-refractivity contribution in [1.82, 2.24) is 4.37 Å². The molecule has 2 N–H and O–H groups in total. The van der Waals surface area contributed by atoms with Gasteiger partial charge in [-0.25, -0.2) is 8.42 Å². The largest absolute Gasteiger partial charge is 0.382 e. The first-order valence-electron chi connectivity index (χ1n) is 6.76. The minimum Gasteiger partial charge on any atom is -0.382 e. The molecule has 0 bridgehead atoms. The summed E-state index contributed by atoms with van der Waals surface area (Å²) in [5, 5.41) is 0.610. The van der Waals surface area contributed by atoms with Gasteiger partial charge in [0.25, 0.3) is 0 Å². The maximum Gasteiger partial charge on any atom is 0.184 e. The summed E-state index contributed by atoms with van der Waals surface area (Å²) in [5.41, 5.74) is 5.74. The summed E-state index contributed by atoms with van der Waals surface area (Å²) in [7, 11) is -1.50. The Morgan fingerprint density at radius 3 is 2.85 bits per heavy atom. The van der Waals surface area contributed by atoms with Gasteiger partial charge in [0.1, 0.15) is 9.90 Å². The number of nitrogen functional groups attached to an aromatic ring is 1. The first-order valence-corrected chi connectivity index (χ1v) is 9.19. The molecule has 1 aromatic rings. The summed E-state index contributed by atoms with van der Waals surface area (Å²) in [5.74, 6) is 0.124. The molecule has 2 heterocycles. The summed E-state index contributed by atoms with van der Waals surface area (Å²) in [4.78, 5) is 2.07. The highest BCUT2D eigenvalue weighted by molar-refractivity contribution is 7.91. The van der Waals surface area contributed by atoms with Crippen molar-refractivity contribution in [2.45, 2.75) is 37.2 Å². The SMILES string of the molecule is CCS(=O)(=O)c1c(N)nsc1N(C)CC1CCCCO1. The monoisotopic (exact) mass is 319 g/mol. The summed E-state index contributed by atoms with van der Waals surface area (Å²) < 4.78 is 34.0. The number of hydrogen-bond donors (Lipinski definition) is 1. The Balaban J connectivity index is 2.20. The van der Waals surface area contributed by atoms with E-state index in [0.29, 0.717) is 11.5 Å². The van der Waals surface area contributed by atoms with E-state index >= 15 is 0 Å². The van der Waals surface area contributed by atoms with E-state index in [1.54, 1.807) is 6.92 Å². The molecule has 1 fully saturated rings. The standard InChI is InChI=1S/C12H21N3O3S2/c1-3-20(16,17)10-11(13)14-19-12(10)15(2)8-9-6-4-5-7-18-9/h9H,3-8H2,1-2H3,(H2,13,14). The van der Waals surface area contributed by atoms with E-state index in [1.165, 1.54) is 0 Å². The molecule has 114 valence electrons. The van der Waals surface area contributed by atoms with Gasteiger partial charge in [-0.3, -0.25) is 0 Å². The Kier molecular flexibility index (Phi) is 4.87. The highest BCUT2D eigenvalue weighted by Crippen LogP contribution is 2.35. The van der Waals surface area contributed by atoms with Crippen molar-refractivity contribution in [3.8, 4) is 0 Å². The maximum absolute atomic E-state index is 12.1. The molecule has 1 atom stereocenters. The number of sulfone groups is 1. The van der Waals surface area contributed by atoms with Crippen LogP contribution < -0.4 is 10.6 Å². The van der Waals surface area contributed by atoms with Gasteiger partial charge < -0.3 is 15.4 Å².